The molecule has 0 fully saturated rings. The maximum absolute atomic E-state index is 9.55. The molecule has 1 heteroatoms. The molecular formula is C11H16O. The number of hydrogen-bond acceptors (Lipinski definition) is 1. The van der Waals surface area contributed by atoms with Crippen LogP contribution in [0.5, 0.6) is 0 Å². The highest BCUT2D eigenvalue weighted by molar-refractivity contribution is 5.24. The maximum atomic E-state index is 9.55. The van der Waals surface area contributed by atoms with Gasteiger partial charge in [0, 0.05) is 0 Å². The van der Waals surface area contributed by atoms with E-state index in [0.717, 1.165) is 18.4 Å². The van der Waals surface area contributed by atoms with Crippen LogP contribution in [0.1, 0.15) is 37.5 Å². The zero-order chi connectivity index (χ0) is 8.97. The van der Waals surface area contributed by atoms with Gasteiger partial charge in [-0.25, -0.2) is 0 Å². The Morgan fingerprint density at radius 1 is 1.33 bits per heavy atom. The van der Waals surface area contributed by atoms with Gasteiger partial charge in [-0.15, -0.1) is 0 Å². The van der Waals surface area contributed by atoms with E-state index in [1.165, 1.54) is 5.56 Å². The molecule has 1 aromatic rings. The molecule has 0 saturated carbocycles. The normalized spacial score (nSPS) is 12.9. The summed E-state index contributed by atoms with van der Waals surface area (Å²) >= 11 is 0. The third-order valence-electron chi connectivity index (χ3n) is 2.13. The smallest absolute Gasteiger partial charge is 0.0787 e. The van der Waals surface area contributed by atoms with Crippen molar-refractivity contribution in [3.63, 3.8) is 0 Å². The van der Waals surface area contributed by atoms with E-state index in [-0.39, 0.29) is 6.10 Å². The monoisotopic (exact) mass is 164 g/mol. The fourth-order valence-electron chi connectivity index (χ4n) is 1.26. The molecule has 0 aliphatic heterocycles. The molecule has 0 aliphatic rings. The number of rotatable bonds is 3. The van der Waals surface area contributed by atoms with Gasteiger partial charge in [-0.2, -0.15) is 0 Å². The molecule has 1 N–H and O–H groups in total. The first-order chi connectivity index (χ1) is 5.77. The number of aliphatic hydroxyl groups excluding tert-OH is 1. The minimum atomic E-state index is -0.295. The molecule has 1 aromatic carbocycles. The summed E-state index contributed by atoms with van der Waals surface area (Å²) in [5, 5.41) is 9.55. The Balaban J connectivity index is 2.86. The third-order valence-corrected chi connectivity index (χ3v) is 2.13. The van der Waals surface area contributed by atoms with Crippen LogP contribution in [0, 0.1) is 0 Å². The van der Waals surface area contributed by atoms with Crippen LogP contribution in [-0.2, 0) is 6.42 Å². The van der Waals surface area contributed by atoms with Gasteiger partial charge in [0.2, 0.25) is 0 Å². The van der Waals surface area contributed by atoms with E-state index >= 15 is 0 Å². The second kappa shape index (κ2) is 4.27. The zero-order valence-corrected chi connectivity index (χ0v) is 7.75. The number of aliphatic hydroxyl groups is 1. The fourth-order valence-corrected chi connectivity index (χ4v) is 1.26. The van der Waals surface area contributed by atoms with E-state index in [2.05, 4.69) is 19.1 Å². The van der Waals surface area contributed by atoms with Crippen LogP contribution < -0.4 is 0 Å². The Morgan fingerprint density at radius 3 is 2.67 bits per heavy atom. The lowest BCUT2D eigenvalue weighted by Crippen LogP contribution is -1.95. The van der Waals surface area contributed by atoms with Crippen LogP contribution in [0.3, 0.4) is 0 Å². The van der Waals surface area contributed by atoms with Crippen molar-refractivity contribution in [2.24, 2.45) is 0 Å². The van der Waals surface area contributed by atoms with E-state index < -0.39 is 0 Å². The van der Waals surface area contributed by atoms with Gasteiger partial charge >= 0.3 is 0 Å². The molecule has 0 saturated heterocycles. The number of hydrogen-bond donors (Lipinski definition) is 1. The quantitative estimate of drug-likeness (QED) is 0.728. The molecule has 1 nitrogen and oxygen atoms in total. The van der Waals surface area contributed by atoms with Crippen molar-refractivity contribution >= 4 is 0 Å². The molecule has 0 aromatic heterocycles. The fraction of sp³-hybridized carbons (Fsp3) is 0.455. The molecule has 1 atom stereocenters. The summed E-state index contributed by atoms with van der Waals surface area (Å²) in [5.41, 5.74) is 2.33. The molecular weight excluding hydrogens is 148 g/mol. The maximum Gasteiger partial charge on any atom is 0.0787 e. The largest absolute Gasteiger partial charge is 0.388 e. The van der Waals surface area contributed by atoms with Gasteiger partial charge < -0.3 is 5.11 Å². The van der Waals surface area contributed by atoms with E-state index in [1.807, 2.05) is 19.1 Å². The topological polar surface area (TPSA) is 20.2 Å². The van der Waals surface area contributed by atoms with Gasteiger partial charge in [-0.05, 0) is 24.0 Å². The summed E-state index contributed by atoms with van der Waals surface area (Å²) in [6, 6.07) is 8.15. The highest BCUT2D eigenvalue weighted by atomic mass is 16.3. The van der Waals surface area contributed by atoms with E-state index in [1.54, 1.807) is 0 Å². The second-order valence-corrected chi connectivity index (χ2v) is 3.02. The first-order valence-corrected chi connectivity index (χ1v) is 4.54. The Hall–Kier alpha value is -0.820. The van der Waals surface area contributed by atoms with Crippen LogP contribution in [0.25, 0.3) is 0 Å². The van der Waals surface area contributed by atoms with Gasteiger partial charge in [-0.1, -0.05) is 38.1 Å². The van der Waals surface area contributed by atoms with Crippen LogP contribution in [0.15, 0.2) is 24.3 Å². The molecule has 66 valence electrons. The summed E-state index contributed by atoms with van der Waals surface area (Å²) < 4.78 is 0. The lowest BCUT2D eigenvalue weighted by Gasteiger charge is -2.08. The molecule has 12 heavy (non-hydrogen) atoms. The molecule has 0 spiro atoms. The molecule has 1 rings (SSSR count). The van der Waals surface area contributed by atoms with Crippen LogP contribution in [0.4, 0.5) is 0 Å². The molecule has 0 unspecified atom stereocenters. The Bertz CT molecular complexity index is 243. The third kappa shape index (κ3) is 2.08. The highest BCUT2D eigenvalue weighted by Crippen LogP contribution is 2.17. The Morgan fingerprint density at radius 2 is 2.08 bits per heavy atom. The minimum absolute atomic E-state index is 0.295. The van der Waals surface area contributed by atoms with Crippen LogP contribution in [0.2, 0.25) is 0 Å². The SMILES string of the molecule is CCc1cccc([C@H](O)CC)c1. The van der Waals surface area contributed by atoms with Gasteiger partial charge in [0.15, 0.2) is 0 Å². The van der Waals surface area contributed by atoms with Gasteiger partial charge in [-0.3, -0.25) is 0 Å². The van der Waals surface area contributed by atoms with E-state index in [9.17, 15) is 5.11 Å². The van der Waals surface area contributed by atoms with Crippen molar-refractivity contribution in [1.82, 2.24) is 0 Å². The van der Waals surface area contributed by atoms with Gasteiger partial charge in [0.25, 0.3) is 0 Å². The molecule has 0 heterocycles. The van der Waals surface area contributed by atoms with Gasteiger partial charge in [0.05, 0.1) is 6.10 Å². The first-order valence-electron chi connectivity index (χ1n) is 4.54. The van der Waals surface area contributed by atoms with Crippen molar-refractivity contribution < 1.29 is 5.11 Å². The van der Waals surface area contributed by atoms with E-state index in [0.29, 0.717) is 0 Å². The van der Waals surface area contributed by atoms with Crippen LogP contribution in [-0.4, -0.2) is 5.11 Å². The summed E-state index contributed by atoms with van der Waals surface area (Å²) in [6.45, 7) is 4.11. The minimum Gasteiger partial charge on any atom is -0.388 e. The van der Waals surface area contributed by atoms with Crippen molar-refractivity contribution in [1.29, 1.82) is 0 Å². The first kappa shape index (κ1) is 9.27. The number of benzene rings is 1. The number of aryl methyl sites for hydroxylation is 1. The summed E-state index contributed by atoms with van der Waals surface area (Å²) in [6.07, 6.45) is 1.52. The summed E-state index contributed by atoms with van der Waals surface area (Å²) in [5.74, 6) is 0. The van der Waals surface area contributed by atoms with Crippen molar-refractivity contribution in [2.45, 2.75) is 32.8 Å². The summed E-state index contributed by atoms with van der Waals surface area (Å²) in [7, 11) is 0. The average Bonchev–Trinajstić information content (AvgIpc) is 2.17. The molecule has 0 amide bonds. The highest BCUT2D eigenvalue weighted by Gasteiger charge is 2.03. The van der Waals surface area contributed by atoms with Crippen molar-refractivity contribution in [2.75, 3.05) is 0 Å². The van der Waals surface area contributed by atoms with E-state index in [4.69, 9.17) is 0 Å². The average molecular weight is 164 g/mol. The molecule has 0 bridgehead atoms. The predicted molar refractivity (Wildman–Crippen MR) is 51.1 cm³/mol. The lowest BCUT2D eigenvalue weighted by molar-refractivity contribution is 0.173. The predicted octanol–water partition coefficient (Wildman–Crippen LogP) is 2.69. The van der Waals surface area contributed by atoms with Crippen molar-refractivity contribution in [3.05, 3.63) is 35.4 Å². The van der Waals surface area contributed by atoms with Gasteiger partial charge in [0.1, 0.15) is 0 Å². The zero-order valence-electron chi connectivity index (χ0n) is 7.75. The molecule has 0 radical (unpaired) electrons. The standard InChI is InChI=1S/C11H16O/c1-3-9-6-5-7-10(8-9)11(12)4-2/h5-8,11-12H,3-4H2,1-2H3/t11-/m1/s1. The Kier molecular flexibility index (Phi) is 3.30. The molecule has 0 aliphatic carbocycles. The lowest BCUT2D eigenvalue weighted by atomic mass is 10.0. The second-order valence-electron chi connectivity index (χ2n) is 3.02. The van der Waals surface area contributed by atoms with Crippen LogP contribution >= 0.6 is 0 Å². The summed E-state index contributed by atoms with van der Waals surface area (Å²) in [4.78, 5) is 0. The van der Waals surface area contributed by atoms with Crippen molar-refractivity contribution in [3.8, 4) is 0 Å². The Labute approximate surface area is 74.1 Å².